The highest BCUT2D eigenvalue weighted by atomic mass is 16.5. The second-order valence-corrected chi connectivity index (χ2v) is 7.37. The molecule has 1 aliphatic heterocycles. The van der Waals surface area contributed by atoms with E-state index in [0.29, 0.717) is 18.0 Å². The van der Waals surface area contributed by atoms with E-state index in [0.717, 1.165) is 17.7 Å². The van der Waals surface area contributed by atoms with Gasteiger partial charge < -0.3 is 14.8 Å². The SMILES string of the molecule is COc1cc(C)ccc1OCC(=O)NCc1ccc(CN2CCCCC2)cc1. The topological polar surface area (TPSA) is 50.8 Å². The fraction of sp³-hybridized carbons (Fsp3) is 0.435. The summed E-state index contributed by atoms with van der Waals surface area (Å²) in [6, 6.07) is 14.1. The molecule has 2 aromatic carbocycles. The van der Waals surface area contributed by atoms with Crippen molar-refractivity contribution in [2.75, 3.05) is 26.8 Å². The van der Waals surface area contributed by atoms with Crippen molar-refractivity contribution in [2.45, 2.75) is 39.3 Å². The zero-order chi connectivity index (χ0) is 19.8. The Morgan fingerprint density at radius 2 is 1.71 bits per heavy atom. The zero-order valence-electron chi connectivity index (χ0n) is 16.9. The van der Waals surface area contributed by atoms with E-state index in [-0.39, 0.29) is 12.5 Å². The van der Waals surface area contributed by atoms with Gasteiger partial charge in [0.1, 0.15) is 0 Å². The predicted octanol–water partition coefficient (Wildman–Crippen LogP) is 3.68. The second kappa shape index (κ2) is 10.1. The number of hydrogen-bond donors (Lipinski definition) is 1. The maximum absolute atomic E-state index is 12.1. The van der Waals surface area contributed by atoms with Gasteiger partial charge in [0, 0.05) is 13.1 Å². The van der Waals surface area contributed by atoms with E-state index >= 15 is 0 Å². The number of nitrogens with zero attached hydrogens (tertiary/aromatic N) is 1. The monoisotopic (exact) mass is 382 g/mol. The lowest BCUT2D eigenvalue weighted by atomic mass is 10.1. The van der Waals surface area contributed by atoms with Gasteiger partial charge in [-0.2, -0.15) is 0 Å². The molecule has 1 fully saturated rings. The first kappa shape index (κ1) is 20.2. The van der Waals surface area contributed by atoms with Gasteiger partial charge in [-0.1, -0.05) is 36.8 Å². The number of ether oxygens (including phenoxy) is 2. The van der Waals surface area contributed by atoms with Gasteiger partial charge in [0.05, 0.1) is 7.11 Å². The smallest absolute Gasteiger partial charge is 0.258 e. The highest BCUT2D eigenvalue weighted by molar-refractivity contribution is 5.77. The van der Waals surface area contributed by atoms with Gasteiger partial charge in [-0.05, 0) is 61.7 Å². The minimum absolute atomic E-state index is 0.0353. The Bertz CT molecular complexity index is 768. The van der Waals surface area contributed by atoms with Crippen LogP contribution in [0, 0.1) is 6.92 Å². The molecule has 5 nitrogen and oxygen atoms in total. The van der Waals surface area contributed by atoms with Gasteiger partial charge in [0.25, 0.3) is 5.91 Å². The lowest BCUT2D eigenvalue weighted by Crippen LogP contribution is -2.29. The van der Waals surface area contributed by atoms with Crippen LogP contribution in [0.15, 0.2) is 42.5 Å². The fourth-order valence-corrected chi connectivity index (χ4v) is 3.43. The summed E-state index contributed by atoms with van der Waals surface area (Å²) in [4.78, 5) is 14.6. The number of carbonyl (C=O) groups excluding carboxylic acids is 1. The number of aryl methyl sites for hydroxylation is 1. The Morgan fingerprint density at radius 3 is 2.43 bits per heavy atom. The number of likely N-dealkylation sites (tertiary alicyclic amines) is 1. The highest BCUT2D eigenvalue weighted by Crippen LogP contribution is 2.27. The molecule has 28 heavy (non-hydrogen) atoms. The maximum Gasteiger partial charge on any atom is 0.258 e. The van der Waals surface area contributed by atoms with E-state index in [1.165, 1.54) is 37.9 Å². The van der Waals surface area contributed by atoms with Gasteiger partial charge in [0.2, 0.25) is 0 Å². The minimum atomic E-state index is -0.153. The van der Waals surface area contributed by atoms with Crippen molar-refractivity contribution in [3.05, 3.63) is 59.2 Å². The summed E-state index contributed by atoms with van der Waals surface area (Å²) in [6.45, 7) is 5.85. The number of piperidine rings is 1. The third-order valence-corrected chi connectivity index (χ3v) is 5.05. The average molecular weight is 383 g/mol. The van der Waals surface area contributed by atoms with Gasteiger partial charge in [-0.15, -0.1) is 0 Å². The summed E-state index contributed by atoms with van der Waals surface area (Å²) >= 11 is 0. The Kier molecular flexibility index (Phi) is 7.31. The van der Waals surface area contributed by atoms with Gasteiger partial charge >= 0.3 is 0 Å². The molecule has 0 unspecified atom stereocenters. The Labute approximate surface area is 167 Å². The van der Waals surface area contributed by atoms with Crippen molar-refractivity contribution in [1.82, 2.24) is 10.2 Å². The van der Waals surface area contributed by atoms with Gasteiger partial charge in [0.15, 0.2) is 18.1 Å². The number of hydrogen-bond acceptors (Lipinski definition) is 4. The van der Waals surface area contributed by atoms with E-state index in [4.69, 9.17) is 9.47 Å². The number of methoxy groups -OCH3 is 1. The quantitative estimate of drug-likeness (QED) is 0.757. The Hall–Kier alpha value is -2.53. The second-order valence-electron chi connectivity index (χ2n) is 7.37. The summed E-state index contributed by atoms with van der Waals surface area (Å²) in [6.07, 6.45) is 3.97. The van der Waals surface area contributed by atoms with Crippen LogP contribution in [-0.4, -0.2) is 37.6 Å². The Balaban J connectivity index is 1.43. The maximum atomic E-state index is 12.1. The number of carbonyl (C=O) groups is 1. The van der Waals surface area contributed by atoms with Crippen molar-refractivity contribution in [3.63, 3.8) is 0 Å². The molecule has 150 valence electrons. The van der Waals surface area contributed by atoms with E-state index in [1.54, 1.807) is 7.11 Å². The first-order chi connectivity index (χ1) is 13.6. The standard InChI is InChI=1S/C23H30N2O3/c1-18-6-11-21(22(14-18)27-2)28-17-23(26)24-15-19-7-9-20(10-8-19)16-25-12-4-3-5-13-25/h6-11,14H,3-5,12-13,15-17H2,1-2H3,(H,24,26). The molecule has 2 aromatic rings. The molecular formula is C23H30N2O3. The van der Waals surface area contributed by atoms with Crippen LogP contribution in [0.25, 0.3) is 0 Å². The molecule has 1 N–H and O–H groups in total. The fourth-order valence-electron chi connectivity index (χ4n) is 3.43. The molecule has 0 radical (unpaired) electrons. The van der Waals surface area contributed by atoms with Crippen LogP contribution in [0.2, 0.25) is 0 Å². The van der Waals surface area contributed by atoms with Crippen LogP contribution in [0.1, 0.15) is 36.0 Å². The summed E-state index contributed by atoms with van der Waals surface area (Å²) < 4.78 is 10.9. The number of rotatable bonds is 8. The van der Waals surface area contributed by atoms with Gasteiger partial charge in [-0.3, -0.25) is 9.69 Å². The van der Waals surface area contributed by atoms with Crippen molar-refractivity contribution < 1.29 is 14.3 Å². The van der Waals surface area contributed by atoms with Crippen LogP contribution in [0.4, 0.5) is 0 Å². The van der Waals surface area contributed by atoms with Crippen molar-refractivity contribution in [2.24, 2.45) is 0 Å². The molecule has 1 heterocycles. The van der Waals surface area contributed by atoms with Crippen molar-refractivity contribution >= 4 is 5.91 Å². The summed E-state index contributed by atoms with van der Waals surface area (Å²) in [5, 5.41) is 2.90. The third-order valence-electron chi connectivity index (χ3n) is 5.05. The summed E-state index contributed by atoms with van der Waals surface area (Å²) in [7, 11) is 1.59. The predicted molar refractivity (Wildman–Crippen MR) is 111 cm³/mol. The number of nitrogens with one attached hydrogen (secondary N) is 1. The molecule has 0 atom stereocenters. The van der Waals surface area contributed by atoms with E-state index < -0.39 is 0 Å². The highest BCUT2D eigenvalue weighted by Gasteiger charge is 2.11. The van der Waals surface area contributed by atoms with E-state index in [2.05, 4.69) is 34.5 Å². The number of amides is 1. The number of benzene rings is 2. The normalized spacial score (nSPS) is 14.5. The van der Waals surface area contributed by atoms with E-state index in [1.807, 2.05) is 25.1 Å². The molecule has 1 amide bonds. The van der Waals surface area contributed by atoms with Crippen LogP contribution in [-0.2, 0) is 17.9 Å². The first-order valence-electron chi connectivity index (χ1n) is 9.98. The summed E-state index contributed by atoms with van der Waals surface area (Å²) in [5.41, 5.74) is 3.49. The van der Waals surface area contributed by atoms with Crippen molar-refractivity contribution in [3.8, 4) is 11.5 Å². The molecule has 1 saturated heterocycles. The molecule has 5 heteroatoms. The van der Waals surface area contributed by atoms with Gasteiger partial charge in [-0.25, -0.2) is 0 Å². The first-order valence-corrected chi connectivity index (χ1v) is 9.98. The molecule has 0 bridgehead atoms. The molecule has 0 aliphatic carbocycles. The average Bonchev–Trinajstić information content (AvgIpc) is 2.73. The third kappa shape index (κ3) is 5.99. The molecule has 0 aromatic heterocycles. The molecule has 1 aliphatic rings. The van der Waals surface area contributed by atoms with E-state index in [9.17, 15) is 4.79 Å². The van der Waals surface area contributed by atoms with Crippen molar-refractivity contribution in [1.29, 1.82) is 0 Å². The van der Waals surface area contributed by atoms with Crippen LogP contribution in [0.3, 0.4) is 0 Å². The Morgan fingerprint density at radius 1 is 1.00 bits per heavy atom. The molecule has 3 rings (SSSR count). The van der Waals surface area contributed by atoms with Crippen LogP contribution >= 0.6 is 0 Å². The molecular weight excluding hydrogens is 352 g/mol. The minimum Gasteiger partial charge on any atom is -0.493 e. The summed E-state index contributed by atoms with van der Waals surface area (Å²) in [5.74, 6) is 1.06. The molecule has 0 saturated carbocycles. The van der Waals surface area contributed by atoms with Crippen LogP contribution < -0.4 is 14.8 Å². The molecule has 0 spiro atoms. The van der Waals surface area contributed by atoms with Crippen LogP contribution in [0.5, 0.6) is 11.5 Å². The lowest BCUT2D eigenvalue weighted by molar-refractivity contribution is -0.123. The lowest BCUT2D eigenvalue weighted by Gasteiger charge is -2.26. The largest absolute Gasteiger partial charge is 0.493 e. The zero-order valence-corrected chi connectivity index (χ0v) is 16.9.